The van der Waals surface area contributed by atoms with Gasteiger partial charge < -0.3 is 10.4 Å². The number of carboxylic acid groups (broad SMARTS) is 1. The number of halogens is 1. The molecule has 0 aliphatic carbocycles. The first-order chi connectivity index (χ1) is 9.02. The predicted molar refractivity (Wildman–Crippen MR) is 67.2 cm³/mol. The van der Waals surface area contributed by atoms with Crippen molar-refractivity contribution in [2.24, 2.45) is 0 Å². The van der Waals surface area contributed by atoms with Gasteiger partial charge in [0.05, 0.1) is 0 Å². The van der Waals surface area contributed by atoms with Crippen LogP contribution >= 0.6 is 0 Å². The highest BCUT2D eigenvalue weighted by Crippen LogP contribution is 2.36. The number of aliphatic carboxylic acids is 1. The fourth-order valence-corrected chi connectivity index (χ4v) is 2.57. The zero-order valence-electron chi connectivity index (χ0n) is 10.5. The third kappa shape index (κ3) is 3.10. The van der Waals surface area contributed by atoms with Crippen molar-refractivity contribution in [3.8, 4) is 0 Å². The van der Waals surface area contributed by atoms with Crippen LogP contribution in [0.1, 0.15) is 31.2 Å². The number of carboxylic acids is 1. The summed E-state index contributed by atoms with van der Waals surface area (Å²) in [6.07, 6.45) is 1.30. The maximum atomic E-state index is 13.4. The van der Waals surface area contributed by atoms with E-state index in [1.807, 2.05) is 0 Å². The van der Waals surface area contributed by atoms with Crippen molar-refractivity contribution in [3.63, 3.8) is 0 Å². The van der Waals surface area contributed by atoms with Crippen LogP contribution in [0.15, 0.2) is 24.3 Å². The second-order valence-electron chi connectivity index (χ2n) is 4.96. The summed E-state index contributed by atoms with van der Waals surface area (Å²) in [4.78, 5) is 22.1. The first kappa shape index (κ1) is 13.5. The molecule has 0 saturated carbocycles. The monoisotopic (exact) mass is 265 g/mol. The van der Waals surface area contributed by atoms with E-state index in [9.17, 15) is 14.0 Å². The normalized spacial score (nSPS) is 22.9. The highest BCUT2D eigenvalue weighted by molar-refractivity contribution is 5.77. The summed E-state index contributed by atoms with van der Waals surface area (Å²) in [6, 6.07) is 6.20. The van der Waals surface area contributed by atoms with E-state index in [-0.39, 0.29) is 18.1 Å². The zero-order chi connectivity index (χ0) is 13.9. The van der Waals surface area contributed by atoms with Gasteiger partial charge in [-0.2, -0.15) is 0 Å². The summed E-state index contributed by atoms with van der Waals surface area (Å²) in [5.41, 5.74) is 0.280. The maximum Gasteiger partial charge on any atom is 0.303 e. The topological polar surface area (TPSA) is 66.4 Å². The molecule has 1 unspecified atom stereocenters. The van der Waals surface area contributed by atoms with Gasteiger partial charge in [-0.1, -0.05) is 12.1 Å². The lowest BCUT2D eigenvalue weighted by Gasteiger charge is -2.37. The average Bonchev–Trinajstić information content (AvgIpc) is 2.38. The van der Waals surface area contributed by atoms with E-state index in [1.54, 1.807) is 12.1 Å². The van der Waals surface area contributed by atoms with Gasteiger partial charge in [0.15, 0.2) is 0 Å². The summed E-state index contributed by atoms with van der Waals surface area (Å²) < 4.78 is 13.4. The zero-order valence-corrected chi connectivity index (χ0v) is 10.5. The number of piperidine rings is 1. The van der Waals surface area contributed by atoms with Crippen LogP contribution < -0.4 is 5.32 Å². The van der Waals surface area contributed by atoms with E-state index in [4.69, 9.17) is 5.11 Å². The van der Waals surface area contributed by atoms with Crippen LogP contribution in [-0.4, -0.2) is 23.5 Å². The molecule has 0 bridgehead atoms. The number of hydrogen-bond donors (Lipinski definition) is 2. The molecule has 1 aliphatic rings. The van der Waals surface area contributed by atoms with E-state index >= 15 is 0 Å². The minimum absolute atomic E-state index is 0.00633. The van der Waals surface area contributed by atoms with Crippen molar-refractivity contribution in [2.75, 3.05) is 6.54 Å². The van der Waals surface area contributed by atoms with Crippen LogP contribution in [0.4, 0.5) is 4.39 Å². The van der Waals surface area contributed by atoms with Crippen molar-refractivity contribution in [1.82, 2.24) is 5.32 Å². The highest BCUT2D eigenvalue weighted by Gasteiger charge is 2.36. The number of carbonyl (C=O) groups excluding carboxylic acids is 1. The summed E-state index contributed by atoms with van der Waals surface area (Å²) in [6.45, 7) is 0.364. The Morgan fingerprint density at radius 2 is 2.26 bits per heavy atom. The lowest BCUT2D eigenvalue weighted by Crippen LogP contribution is -2.46. The van der Waals surface area contributed by atoms with Crippen LogP contribution in [0, 0.1) is 5.82 Å². The smallest absolute Gasteiger partial charge is 0.303 e. The third-order valence-electron chi connectivity index (χ3n) is 3.71. The molecule has 102 valence electrons. The molecule has 1 amide bonds. The molecule has 5 heteroatoms. The molecule has 19 heavy (non-hydrogen) atoms. The van der Waals surface area contributed by atoms with Crippen molar-refractivity contribution in [3.05, 3.63) is 35.6 Å². The molecule has 1 heterocycles. The first-order valence-corrected chi connectivity index (χ1v) is 6.26. The van der Waals surface area contributed by atoms with Crippen LogP contribution in [0.5, 0.6) is 0 Å². The van der Waals surface area contributed by atoms with Crippen molar-refractivity contribution in [1.29, 1.82) is 0 Å². The molecule has 0 radical (unpaired) electrons. The Hall–Kier alpha value is -1.91. The number of rotatable bonds is 4. The number of carbonyl (C=O) groups is 2. The fraction of sp³-hybridized carbons (Fsp3) is 0.429. The Balaban J connectivity index is 2.28. The lowest BCUT2D eigenvalue weighted by molar-refractivity contribution is -0.137. The summed E-state index contributed by atoms with van der Waals surface area (Å²) >= 11 is 0. The first-order valence-electron chi connectivity index (χ1n) is 6.26. The molecule has 1 atom stereocenters. The number of hydrogen-bond acceptors (Lipinski definition) is 2. The Labute approximate surface area is 110 Å². The lowest BCUT2D eigenvalue weighted by atomic mass is 9.71. The van der Waals surface area contributed by atoms with E-state index in [0.29, 0.717) is 25.8 Å². The van der Waals surface area contributed by atoms with E-state index in [0.717, 1.165) is 5.56 Å². The second kappa shape index (κ2) is 5.38. The Bertz CT molecular complexity index is 491. The Morgan fingerprint density at radius 3 is 2.84 bits per heavy atom. The van der Waals surface area contributed by atoms with Crippen LogP contribution in [0.3, 0.4) is 0 Å². The van der Waals surface area contributed by atoms with Gasteiger partial charge in [0.2, 0.25) is 5.91 Å². The molecule has 2 N–H and O–H groups in total. The molecule has 0 aromatic heterocycles. The molecule has 0 spiro atoms. The van der Waals surface area contributed by atoms with Crippen molar-refractivity contribution in [2.45, 2.75) is 31.1 Å². The molecular formula is C14H16FNO3. The minimum Gasteiger partial charge on any atom is -0.481 e. The molecule has 1 saturated heterocycles. The second-order valence-corrected chi connectivity index (χ2v) is 4.96. The third-order valence-corrected chi connectivity index (χ3v) is 3.71. The number of amides is 1. The van der Waals surface area contributed by atoms with Crippen LogP contribution in [0.25, 0.3) is 0 Å². The minimum atomic E-state index is -0.882. The van der Waals surface area contributed by atoms with Gasteiger partial charge in [0.25, 0.3) is 0 Å². The van der Waals surface area contributed by atoms with E-state index in [1.165, 1.54) is 12.1 Å². The summed E-state index contributed by atoms with van der Waals surface area (Å²) in [5.74, 6) is -1.26. The quantitative estimate of drug-likeness (QED) is 0.873. The predicted octanol–water partition coefficient (Wildman–Crippen LogP) is 1.84. The van der Waals surface area contributed by atoms with Gasteiger partial charge in [-0.05, 0) is 30.5 Å². The van der Waals surface area contributed by atoms with E-state index in [2.05, 4.69) is 5.32 Å². The molecule has 2 rings (SSSR count). The standard InChI is InChI=1S/C14H16FNO3/c15-11-3-1-2-10(8-11)14(7-5-13(18)19)6-4-12(17)16-9-14/h1-3,8H,4-7,9H2,(H,16,17)(H,18,19). The van der Waals surface area contributed by atoms with Crippen molar-refractivity contribution >= 4 is 11.9 Å². The van der Waals surface area contributed by atoms with Gasteiger partial charge in [0.1, 0.15) is 5.82 Å². The van der Waals surface area contributed by atoms with Crippen molar-refractivity contribution < 1.29 is 19.1 Å². The summed E-state index contributed by atoms with van der Waals surface area (Å²) in [5, 5.41) is 11.6. The molecule has 1 aliphatic heterocycles. The van der Waals surface area contributed by atoms with Gasteiger partial charge >= 0.3 is 5.97 Å². The van der Waals surface area contributed by atoms with Gasteiger partial charge in [-0.3, -0.25) is 9.59 Å². The van der Waals surface area contributed by atoms with Gasteiger partial charge in [-0.15, -0.1) is 0 Å². The maximum absolute atomic E-state index is 13.4. The fourth-order valence-electron chi connectivity index (χ4n) is 2.57. The van der Waals surface area contributed by atoms with Gasteiger partial charge in [0, 0.05) is 24.8 Å². The molecular weight excluding hydrogens is 249 g/mol. The summed E-state index contributed by atoms with van der Waals surface area (Å²) in [7, 11) is 0. The van der Waals surface area contributed by atoms with Crippen LogP contribution in [0.2, 0.25) is 0 Å². The van der Waals surface area contributed by atoms with Crippen LogP contribution in [-0.2, 0) is 15.0 Å². The Morgan fingerprint density at radius 1 is 1.47 bits per heavy atom. The Kier molecular flexibility index (Phi) is 3.83. The average molecular weight is 265 g/mol. The SMILES string of the molecule is O=C(O)CCC1(c2cccc(F)c2)CCC(=O)NC1. The largest absolute Gasteiger partial charge is 0.481 e. The molecule has 4 nitrogen and oxygen atoms in total. The van der Waals surface area contributed by atoms with Gasteiger partial charge in [-0.25, -0.2) is 4.39 Å². The highest BCUT2D eigenvalue weighted by atomic mass is 19.1. The number of nitrogens with one attached hydrogen (secondary N) is 1. The molecule has 1 aromatic carbocycles. The molecule has 1 fully saturated rings. The number of benzene rings is 1. The van der Waals surface area contributed by atoms with E-state index < -0.39 is 11.4 Å². The molecule has 1 aromatic rings.